The second-order valence-corrected chi connectivity index (χ2v) is 4.23. The van der Waals surface area contributed by atoms with Crippen molar-refractivity contribution in [1.82, 2.24) is 0 Å². The normalized spacial score (nSPS) is 12.9. The molecule has 1 unspecified atom stereocenters. The SMILES string of the molecule is CCOCC(O)c1cc(Cl)cc(Br)c1. The van der Waals surface area contributed by atoms with Gasteiger partial charge < -0.3 is 9.84 Å². The van der Waals surface area contributed by atoms with Gasteiger partial charge in [0.25, 0.3) is 0 Å². The van der Waals surface area contributed by atoms with Gasteiger partial charge in [-0.05, 0) is 30.7 Å². The van der Waals surface area contributed by atoms with E-state index in [0.717, 1.165) is 10.0 Å². The van der Waals surface area contributed by atoms with Gasteiger partial charge in [-0.25, -0.2) is 0 Å². The molecule has 2 nitrogen and oxygen atoms in total. The van der Waals surface area contributed by atoms with Crippen molar-refractivity contribution in [2.75, 3.05) is 13.2 Å². The quantitative estimate of drug-likeness (QED) is 0.917. The third-order valence-corrected chi connectivity index (χ3v) is 2.43. The lowest BCUT2D eigenvalue weighted by molar-refractivity contribution is 0.0420. The highest BCUT2D eigenvalue weighted by atomic mass is 79.9. The number of rotatable bonds is 4. The Hall–Kier alpha value is -0.0900. The number of aliphatic hydroxyl groups excluding tert-OH is 1. The van der Waals surface area contributed by atoms with Crippen LogP contribution in [-0.4, -0.2) is 18.3 Å². The van der Waals surface area contributed by atoms with E-state index in [2.05, 4.69) is 15.9 Å². The van der Waals surface area contributed by atoms with Crippen LogP contribution in [0.5, 0.6) is 0 Å². The summed E-state index contributed by atoms with van der Waals surface area (Å²) in [6, 6.07) is 5.34. The predicted molar refractivity (Wildman–Crippen MR) is 60.6 cm³/mol. The minimum absolute atomic E-state index is 0.295. The monoisotopic (exact) mass is 278 g/mol. The fourth-order valence-corrected chi connectivity index (χ4v) is 1.98. The molecule has 0 aliphatic rings. The fourth-order valence-electron chi connectivity index (χ4n) is 1.09. The van der Waals surface area contributed by atoms with Crippen LogP contribution in [0.2, 0.25) is 5.02 Å². The van der Waals surface area contributed by atoms with Crippen LogP contribution >= 0.6 is 27.5 Å². The van der Waals surface area contributed by atoms with Crippen LogP contribution in [0.1, 0.15) is 18.6 Å². The first kappa shape index (κ1) is 12.0. The zero-order chi connectivity index (χ0) is 10.6. The number of benzene rings is 1. The summed E-state index contributed by atoms with van der Waals surface area (Å²) < 4.78 is 5.98. The van der Waals surface area contributed by atoms with E-state index in [4.69, 9.17) is 16.3 Å². The lowest BCUT2D eigenvalue weighted by Gasteiger charge is -2.11. The molecule has 0 aromatic heterocycles. The minimum atomic E-state index is -0.620. The molecule has 0 aliphatic carbocycles. The van der Waals surface area contributed by atoms with Crippen LogP contribution < -0.4 is 0 Å². The highest BCUT2D eigenvalue weighted by Crippen LogP contribution is 2.23. The van der Waals surface area contributed by atoms with E-state index in [9.17, 15) is 5.11 Å². The van der Waals surface area contributed by atoms with Crippen molar-refractivity contribution in [3.8, 4) is 0 Å². The summed E-state index contributed by atoms with van der Waals surface area (Å²) in [6.07, 6.45) is -0.620. The maximum atomic E-state index is 9.70. The smallest absolute Gasteiger partial charge is 0.102 e. The van der Waals surface area contributed by atoms with Gasteiger partial charge in [-0.15, -0.1) is 0 Å². The second-order valence-electron chi connectivity index (χ2n) is 2.88. The Morgan fingerprint density at radius 1 is 1.50 bits per heavy atom. The van der Waals surface area contributed by atoms with Crippen molar-refractivity contribution >= 4 is 27.5 Å². The highest BCUT2D eigenvalue weighted by molar-refractivity contribution is 9.10. The van der Waals surface area contributed by atoms with Crippen LogP contribution in [-0.2, 0) is 4.74 Å². The van der Waals surface area contributed by atoms with Gasteiger partial charge in [0.1, 0.15) is 6.10 Å². The molecule has 0 aliphatic heterocycles. The number of halogens is 2. The number of hydrogen-bond acceptors (Lipinski definition) is 2. The molecule has 1 rings (SSSR count). The van der Waals surface area contributed by atoms with Crippen molar-refractivity contribution in [3.05, 3.63) is 33.3 Å². The van der Waals surface area contributed by atoms with E-state index >= 15 is 0 Å². The largest absolute Gasteiger partial charge is 0.386 e. The van der Waals surface area contributed by atoms with Crippen LogP contribution in [0.4, 0.5) is 0 Å². The third kappa shape index (κ3) is 3.58. The van der Waals surface area contributed by atoms with Gasteiger partial charge in [-0.3, -0.25) is 0 Å². The summed E-state index contributed by atoms with van der Waals surface area (Å²) >= 11 is 9.16. The summed E-state index contributed by atoms with van der Waals surface area (Å²) in [5, 5.41) is 10.3. The van der Waals surface area contributed by atoms with Crippen molar-refractivity contribution in [2.24, 2.45) is 0 Å². The summed E-state index contributed by atoms with van der Waals surface area (Å²) in [7, 11) is 0. The van der Waals surface area contributed by atoms with Gasteiger partial charge in [-0.2, -0.15) is 0 Å². The minimum Gasteiger partial charge on any atom is -0.386 e. The first-order valence-corrected chi connectivity index (χ1v) is 5.52. The molecule has 1 aromatic rings. The zero-order valence-corrected chi connectivity index (χ0v) is 10.2. The highest BCUT2D eigenvalue weighted by Gasteiger charge is 2.08. The molecule has 0 amide bonds. The first-order chi connectivity index (χ1) is 6.63. The molecular weight excluding hydrogens is 267 g/mol. The Balaban J connectivity index is 2.73. The molecule has 0 radical (unpaired) electrons. The molecule has 78 valence electrons. The summed E-state index contributed by atoms with van der Waals surface area (Å²) in [4.78, 5) is 0. The van der Waals surface area contributed by atoms with Gasteiger partial charge in [-0.1, -0.05) is 27.5 Å². The van der Waals surface area contributed by atoms with Crippen molar-refractivity contribution in [1.29, 1.82) is 0 Å². The number of ether oxygens (including phenoxy) is 1. The van der Waals surface area contributed by atoms with E-state index in [1.165, 1.54) is 0 Å². The Morgan fingerprint density at radius 2 is 2.21 bits per heavy atom. The van der Waals surface area contributed by atoms with Crippen LogP contribution in [0.15, 0.2) is 22.7 Å². The first-order valence-electron chi connectivity index (χ1n) is 4.35. The number of hydrogen-bond donors (Lipinski definition) is 1. The van der Waals surface area contributed by atoms with Crippen molar-refractivity contribution in [2.45, 2.75) is 13.0 Å². The fraction of sp³-hybridized carbons (Fsp3) is 0.400. The van der Waals surface area contributed by atoms with Gasteiger partial charge >= 0.3 is 0 Å². The lowest BCUT2D eigenvalue weighted by Crippen LogP contribution is -2.06. The Bertz CT molecular complexity index is 284. The van der Waals surface area contributed by atoms with E-state index in [-0.39, 0.29) is 0 Å². The van der Waals surface area contributed by atoms with E-state index < -0.39 is 6.10 Å². The van der Waals surface area contributed by atoms with Crippen LogP contribution in [0.3, 0.4) is 0 Å². The third-order valence-electron chi connectivity index (χ3n) is 1.75. The van der Waals surface area contributed by atoms with E-state index in [1.807, 2.05) is 13.0 Å². The molecule has 0 fully saturated rings. The molecule has 1 atom stereocenters. The molecule has 0 spiro atoms. The molecule has 1 N–H and O–H groups in total. The maximum absolute atomic E-state index is 9.70. The standard InChI is InChI=1S/C10H12BrClO2/c1-2-14-6-10(13)7-3-8(11)5-9(12)4-7/h3-5,10,13H,2,6H2,1H3. The average molecular weight is 280 g/mol. The molecule has 4 heteroatoms. The van der Waals surface area contributed by atoms with Crippen LogP contribution in [0, 0.1) is 0 Å². The van der Waals surface area contributed by atoms with Gasteiger partial charge in [0.15, 0.2) is 0 Å². The second kappa shape index (κ2) is 5.71. The summed E-state index contributed by atoms with van der Waals surface area (Å²) in [5.74, 6) is 0. The maximum Gasteiger partial charge on any atom is 0.102 e. The van der Waals surface area contributed by atoms with Crippen molar-refractivity contribution in [3.63, 3.8) is 0 Å². The van der Waals surface area contributed by atoms with Crippen LogP contribution in [0.25, 0.3) is 0 Å². The molecule has 0 heterocycles. The predicted octanol–water partition coefficient (Wildman–Crippen LogP) is 3.17. The molecule has 14 heavy (non-hydrogen) atoms. The summed E-state index contributed by atoms with van der Waals surface area (Å²) in [6.45, 7) is 2.78. The van der Waals surface area contributed by atoms with Gasteiger partial charge in [0, 0.05) is 16.1 Å². The lowest BCUT2D eigenvalue weighted by atomic mass is 10.1. The Kier molecular flexibility index (Phi) is 4.89. The molecule has 0 bridgehead atoms. The molecule has 0 saturated carbocycles. The topological polar surface area (TPSA) is 29.5 Å². The number of aliphatic hydroxyl groups is 1. The zero-order valence-electron chi connectivity index (χ0n) is 7.84. The molecular formula is C10H12BrClO2. The Labute approximate surface area is 97.0 Å². The summed E-state index contributed by atoms with van der Waals surface area (Å²) in [5.41, 5.74) is 0.762. The molecule has 0 saturated heterocycles. The van der Waals surface area contributed by atoms with Crippen molar-refractivity contribution < 1.29 is 9.84 Å². The van der Waals surface area contributed by atoms with Gasteiger partial charge in [0.05, 0.1) is 6.61 Å². The van der Waals surface area contributed by atoms with Gasteiger partial charge in [0.2, 0.25) is 0 Å². The molecule has 1 aromatic carbocycles. The average Bonchev–Trinajstić information content (AvgIpc) is 2.12. The van der Waals surface area contributed by atoms with E-state index in [0.29, 0.717) is 18.2 Å². The van der Waals surface area contributed by atoms with E-state index in [1.54, 1.807) is 12.1 Å². The Morgan fingerprint density at radius 3 is 2.79 bits per heavy atom.